The first-order valence-electron chi connectivity index (χ1n) is 6.89. The first kappa shape index (κ1) is 18.4. The van der Waals surface area contributed by atoms with Crippen molar-refractivity contribution in [3.63, 3.8) is 0 Å². The second-order valence-corrected chi connectivity index (χ2v) is 5.73. The van der Waals surface area contributed by atoms with E-state index in [0.29, 0.717) is 15.7 Å². The number of hydrogen-bond donors (Lipinski definition) is 2. The number of nitrogens with one attached hydrogen (secondary N) is 2. The lowest BCUT2D eigenvalue weighted by Gasteiger charge is -2.14. The molecule has 0 fully saturated rings. The average molecular weight is 375 g/mol. The molecule has 0 aliphatic heterocycles. The van der Waals surface area contributed by atoms with Crippen LogP contribution in [0.3, 0.4) is 0 Å². The van der Waals surface area contributed by atoms with Gasteiger partial charge in [0.2, 0.25) is 0 Å². The van der Waals surface area contributed by atoms with Crippen LogP contribution in [0.15, 0.2) is 42.5 Å². The van der Waals surface area contributed by atoms with E-state index < -0.39 is 6.36 Å². The molecule has 0 bridgehead atoms. The normalized spacial score (nSPS) is 11.0. The summed E-state index contributed by atoms with van der Waals surface area (Å²) < 4.78 is 40.5. The number of halogens is 4. The Hall–Kier alpha value is -1.99. The lowest BCUT2D eigenvalue weighted by Crippen LogP contribution is -2.28. The molecule has 24 heavy (non-hydrogen) atoms. The number of thiocarbonyl (C=S) groups is 1. The number of alkyl halides is 3. The van der Waals surface area contributed by atoms with Crippen LogP contribution in [0.4, 0.5) is 18.9 Å². The van der Waals surface area contributed by atoms with Crippen LogP contribution in [-0.2, 0) is 6.54 Å². The highest BCUT2D eigenvalue weighted by molar-refractivity contribution is 7.80. The van der Waals surface area contributed by atoms with Gasteiger partial charge in [0.05, 0.1) is 0 Å². The van der Waals surface area contributed by atoms with Crippen LogP contribution < -0.4 is 15.4 Å². The van der Waals surface area contributed by atoms with E-state index in [-0.39, 0.29) is 12.3 Å². The lowest BCUT2D eigenvalue weighted by atomic mass is 10.2. The molecular formula is C16H14ClF3N2OS. The minimum Gasteiger partial charge on any atom is -0.406 e. The third-order valence-corrected chi connectivity index (χ3v) is 3.76. The summed E-state index contributed by atoms with van der Waals surface area (Å²) in [7, 11) is 0. The number of hydrogen-bond acceptors (Lipinski definition) is 2. The molecule has 3 nitrogen and oxygen atoms in total. The average Bonchev–Trinajstić information content (AvgIpc) is 2.48. The van der Waals surface area contributed by atoms with Crippen molar-refractivity contribution in [2.75, 3.05) is 5.32 Å². The molecule has 128 valence electrons. The Kier molecular flexibility index (Phi) is 5.90. The fourth-order valence-corrected chi connectivity index (χ4v) is 2.30. The summed E-state index contributed by atoms with van der Waals surface area (Å²) in [5.41, 5.74) is 2.21. The molecule has 2 aromatic carbocycles. The standard InChI is InChI=1S/C16H14ClF3N2OS/c1-10-13(17)6-3-7-14(10)22-15(24)21-9-11-4-2-5-12(8-11)23-16(18,19)20/h2-8H,9H2,1H3,(H2,21,22,24). The highest BCUT2D eigenvalue weighted by atomic mass is 35.5. The number of ether oxygens (including phenoxy) is 1. The Bertz CT molecular complexity index is 738. The van der Waals surface area contributed by atoms with E-state index >= 15 is 0 Å². The van der Waals surface area contributed by atoms with E-state index in [1.54, 1.807) is 18.2 Å². The third kappa shape index (κ3) is 5.58. The van der Waals surface area contributed by atoms with Gasteiger partial charge in [-0.2, -0.15) is 0 Å². The van der Waals surface area contributed by atoms with Crippen molar-refractivity contribution in [3.8, 4) is 5.75 Å². The quantitative estimate of drug-likeness (QED) is 0.735. The summed E-state index contributed by atoms with van der Waals surface area (Å²) in [4.78, 5) is 0. The second kappa shape index (κ2) is 7.72. The molecule has 0 atom stereocenters. The SMILES string of the molecule is Cc1c(Cl)cccc1NC(=S)NCc1cccc(OC(F)(F)F)c1. The van der Waals surface area contributed by atoms with Gasteiger partial charge >= 0.3 is 6.36 Å². The van der Waals surface area contributed by atoms with Crippen molar-refractivity contribution in [3.05, 3.63) is 58.6 Å². The molecule has 0 spiro atoms. The first-order valence-corrected chi connectivity index (χ1v) is 7.68. The molecule has 0 unspecified atom stereocenters. The molecule has 0 amide bonds. The molecule has 2 N–H and O–H groups in total. The van der Waals surface area contributed by atoms with Gasteiger partial charge in [0, 0.05) is 17.3 Å². The van der Waals surface area contributed by atoms with Gasteiger partial charge in [-0.25, -0.2) is 0 Å². The van der Waals surface area contributed by atoms with Crippen molar-refractivity contribution in [2.24, 2.45) is 0 Å². The van der Waals surface area contributed by atoms with Gasteiger partial charge in [-0.05, 0) is 54.5 Å². The van der Waals surface area contributed by atoms with Gasteiger partial charge in [-0.1, -0.05) is 29.8 Å². The Morgan fingerprint density at radius 2 is 1.92 bits per heavy atom. The summed E-state index contributed by atoms with van der Waals surface area (Å²) in [6, 6.07) is 11.1. The van der Waals surface area contributed by atoms with Gasteiger partial charge in [0.1, 0.15) is 5.75 Å². The van der Waals surface area contributed by atoms with Crippen molar-refractivity contribution >= 4 is 34.6 Å². The summed E-state index contributed by atoms with van der Waals surface area (Å²) in [5.74, 6) is -0.272. The van der Waals surface area contributed by atoms with Gasteiger partial charge in [0.25, 0.3) is 0 Å². The summed E-state index contributed by atoms with van der Waals surface area (Å²) in [5, 5.41) is 6.87. The summed E-state index contributed by atoms with van der Waals surface area (Å²) >= 11 is 11.2. The third-order valence-electron chi connectivity index (χ3n) is 3.10. The molecule has 0 saturated carbocycles. The lowest BCUT2D eigenvalue weighted by molar-refractivity contribution is -0.274. The van der Waals surface area contributed by atoms with Crippen molar-refractivity contribution in [1.29, 1.82) is 0 Å². The van der Waals surface area contributed by atoms with Gasteiger partial charge in [0.15, 0.2) is 5.11 Å². The van der Waals surface area contributed by atoms with Crippen LogP contribution in [0.1, 0.15) is 11.1 Å². The number of anilines is 1. The molecular weight excluding hydrogens is 361 g/mol. The van der Waals surface area contributed by atoms with E-state index in [0.717, 1.165) is 11.3 Å². The monoisotopic (exact) mass is 374 g/mol. The maximum atomic E-state index is 12.2. The minimum atomic E-state index is -4.72. The number of benzene rings is 2. The largest absolute Gasteiger partial charge is 0.573 e. The molecule has 0 aromatic heterocycles. The maximum Gasteiger partial charge on any atom is 0.573 e. The molecule has 2 rings (SSSR count). The van der Waals surface area contributed by atoms with Gasteiger partial charge in [-0.3, -0.25) is 0 Å². The van der Waals surface area contributed by atoms with Crippen molar-refractivity contribution in [1.82, 2.24) is 5.32 Å². The smallest absolute Gasteiger partial charge is 0.406 e. The molecule has 0 saturated heterocycles. The van der Waals surface area contributed by atoms with E-state index in [2.05, 4.69) is 15.4 Å². The van der Waals surface area contributed by atoms with Gasteiger partial charge < -0.3 is 15.4 Å². The fourth-order valence-electron chi connectivity index (χ4n) is 1.94. The zero-order valence-electron chi connectivity index (χ0n) is 12.6. The van der Waals surface area contributed by atoms with E-state index in [9.17, 15) is 13.2 Å². The Morgan fingerprint density at radius 1 is 1.21 bits per heavy atom. The first-order chi connectivity index (χ1) is 11.2. The summed E-state index contributed by atoms with van der Waals surface area (Å²) in [6.45, 7) is 2.10. The topological polar surface area (TPSA) is 33.3 Å². The van der Waals surface area contributed by atoms with Crippen molar-refractivity contribution in [2.45, 2.75) is 19.8 Å². The Balaban J connectivity index is 1.94. The zero-order valence-corrected chi connectivity index (χ0v) is 14.1. The van der Waals surface area contributed by atoms with Crippen LogP contribution in [0.5, 0.6) is 5.75 Å². The van der Waals surface area contributed by atoms with Crippen molar-refractivity contribution < 1.29 is 17.9 Å². The minimum absolute atomic E-state index is 0.250. The van der Waals surface area contributed by atoms with Crippen LogP contribution >= 0.6 is 23.8 Å². The zero-order chi connectivity index (χ0) is 17.7. The van der Waals surface area contributed by atoms with E-state index in [4.69, 9.17) is 23.8 Å². The molecule has 0 radical (unpaired) electrons. The molecule has 8 heteroatoms. The molecule has 0 aliphatic rings. The maximum absolute atomic E-state index is 12.2. The Labute approximate surface area is 147 Å². The summed E-state index contributed by atoms with van der Waals surface area (Å²) in [6.07, 6.45) is -4.72. The molecule has 0 heterocycles. The van der Waals surface area contributed by atoms with Crippen LogP contribution in [0.25, 0.3) is 0 Å². The Morgan fingerprint density at radius 3 is 2.62 bits per heavy atom. The van der Waals surface area contributed by atoms with Gasteiger partial charge in [-0.15, -0.1) is 13.2 Å². The highest BCUT2D eigenvalue weighted by Gasteiger charge is 2.31. The number of rotatable bonds is 4. The predicted molar refractivity (Wildman–Crippen MR) is 92.4 cm³/mol. The molecule has 2 aromatic rings. The predicted octanol–water partition coefficient (Wildman–Crippen LogP) is 5.03. The highest BCUT2D eigenvalue weighted by Crippen LogP contribution is 2.24. The van der Waals surface area contributed by atoms with Crippen LogP contribution in [0, 0.1) is 6.92 Å². The second-order valence-electron chi connectivity index (χ2n) is 4.92. The molecule has 0 aliphatic carbocycles. The van der Waals surface area contributed by atoms with Crippen LogP contribution in [-0.4, -0.2) is 11.5 Å². The van der Waals surface area contributed by atoms with E-state index in [1.165, 1.54) is 18.2 Å². The fraction of sp³-hybridized carbons (Fsp3) is 0.188. The van der Waals surface area contributed by atoms with Crippen LogP contribution in [0.2, 0.25) is 5.02 Å². The van der Waals surface area contributed by atoms with E-state index in [1.807, 2.05) is 13.0 Å².